The van der Waals surface area contributed by atoms with Crippen LogP contribution < -0.4 is 5.73 Å². The molecular formula is C10H12ClN5. The van der Waals surface area contributed by atoms with E-state index in [1.165, 1.54) is 0 Å². The van der Waals surface area contributed by atoms with Gasteiger partial charge in [-0.15, -0.1) is 0 Å². The van der Waals surface area contributed by atoms with E-state index in [-0.39, 0.29) is 0 Å². The minimum absolute atomic E-state index is 0.379. The SMILES string of the molecule is Cc1cc(CN)nc(-n2cc(Cl)c(C)n2)n1. The van der Waals surface area contributed by atoms with Gasteiger partial charge in [-0.05, 0) is 19.9 Å². The van der Waals surface area contributed by atoms with Gasteiger partial charge in [0.25, 0.3) is 5.95 Å². The summed E-state index contributed by atoms with van der Waals surface area (Å²) in [6.45, 7) is 4.10. The largest absolute Gasteiger partial charge is 0.325 e. The number of hydrogen-bond acceptors (Lipinski definition) is 4. The fourth-order valence-electron chi connectivity index (χ4n) is 1.37. The number of nitrogens with two attached hydrogens (primary N) is 1. The van der Waals surface area contributed by atoms with E-state index < -0.39 is 0 Å². The summed E-state index contributed by atoms with van der Waals surface area (Å²) in [5.41, 5.74) is 7.95. The van der Waals surface area contributed by atoms with Gasteiger partial charge in [-0.1, -0.05) is 11.6 Å². The Hall–Kier alpha value is -1.46. The molecule has 0 spiro atoms. The molecule has 0 fully saturated rings. The number of halogens is 1. The lowest BCUT2D eigenvalue weighted by Gasteiger charge is -2.03. The topological polar surface area (TPSA) is 69.6 Å². The summed E-state index contributed by atoms with van der Waals surface area (Å²) in [5.74, 6) is 0.496. The minimum atomic E-state index is 0.379. The summed E-state index contributed by atoms with van der Waals surface area (Å²) in [6.07, 6.45) is 1.69. The molecule has 0 saturated carbocycles. The summed E-state index contributed by atoms with van der Waals surface area (Å²) in [6, 6.07) is 1.85. The standard InChI is InChI=1S/C10H12ClN5/c1-6-3-8(4-12)14-10(13-6)16-5-9(11)7(2)15-16/h3,5H,4,12H2,1-2H3. The summed E-state index contributed by atoms with van der Waals surface area (Å²) in [7, 11) is 0. The molecule has 16 heavy (non-hydrogen) atoms. The van der Waals surface area contributed by atoms with Crippen LogP contribution in [0.2, 0.25) is 5.02 Å². The van der Waals surface area contributed by atoms with Gasteiger partial charge in [0.2, 0.25) is 0 Å². The van der Waals surface area contributed by atoms with Crippen LogP contribution in [0.15, 0.2) is 12.3 Å². The van der Waals surface area contributed by atoms with Gasteiger partial charge in [-0.2, -0.15) is 5.10 Å². The predicted molar refractivity (Wildman–Crippen MR) is 61.5 cm³/mol. The van der Waals surface area contributed by atoms with Gasteiger partial charge >= 0.3 is 0 Å². The van der Waals surface area contributed by atoms with E-state index in [9.17, 15) is 0 Å². The van der Waals surface area contributed by atoms with Crippen molar-refractivity contribution in [2.45, 2.75) is 20.4 Å². The molecule has 0 radical (unpaired) electrons. The van der Waals surface area contributed by atoms with Crippen molar-refractivity contribution in [3.05, 3.63) is 34.4 Å². The third-order valence-electron chi connectivity index (χ3n) is 2.15. The zero-order valence-electron chi connectivity index (χ0n) is 9.11. The van der Waals surface area contributed by atoms with Gasteiger partial charge < -0.3 is 5.73 Å². The second-order valence-corrected chi connectivity index (χ2v) is 3.92. The molecule has 0 saturated heterocycles. The fraction of sp³-hybridized carbons (Fsp3) is 0.300. The molecule has 5 nitrogen and oxygen atoms in total. The Labute approximate surface area is 98.3 Å². The second kappa shape index (κ2) is 4.19. The minimum Gasteiger partial charge on any atom is -0.325 e. The smallest absolute Gasteiger partial charge is 0.251 e. The van der Waals surface area contributed by atoms with Crippen LogP contribution in [-0.4, -0.2) is 19.7 Å². The van der Waals surface area contributed by atoms with Gasteiger partial charge in [0, 0.05) is 12.2 Å². The summed E-state index contributed by atoms with van der Waals surface area (Å²) >= 11 is 5.93. The fourth-order valence-corrected chi connectivity index (χ4v) is 1.50. The highest BCUT2D eigenvalue weighted by atomic mass is 35.5. The number of aromatic nitrogens is 4. The van der Waals surface area contributed by atoms with Crippen LogP contribution in [0.1, 0.15) is 17.1 Å². The predicted octanol–water partition coefficient (Wildman–Crippen LogP) is 1.39. The molecule has 0 aromatic carbocycles. The summed E-state index contributed by atoms with van der Waals surface area (Å²) < 4.78 is 1.56. The van der Waals surface area contributed by atoms with Crippen molar-refractivity contribution in [2.24, 2.45) is 5.73 Å². The third-order valence-corrected chi connectivity index (χ3v) is 2.52. The molecule has 0 aliphatic heterocycles. The highest BCUT2D eigenvalue weighted by Crippen LogP contribution is 2.14. The maximum atomic E-state index is 5.93. The number of rotatable bonds is 2. The van der Waals surface area contributed by atoms with E-state index >= 15 is 0 Å². The van der Waals surface area contributed by atoms with Crippen molar-refractivity contribution < 1.29 is 0 Å². The number of nitrogens with zero attached hydrogens (tertiary/aromatic N) is 4. The molecule has 0 atom stereocenters. The van der Waals surface area contributed by atoms with Crippen molar-refractivity contribution in [2.75, 3.05) is 0 Å². The highest BCUT2D eigenvalue weighted by Gasteiger charge is 2.07. The maximum absolute atomic E-state index is 5.93. The van der Waals surface area contributed by atoms with E-state index in [2.05, 4.69) is 15.1 Å². The molecule has 0 aliphatic carbocycles. The lowest BCUT2D eigenvalue weighted by molar-refractivity contribution is 0.774. The first-order valence-corrected chi connectivity index (χ1v) is 5.24. The van der Waals surface area contributed by atoms with E-state index in [0.29, 0.717) is 17.5 Å². The van der Waals surface area contributed by atoms with Crippen molar-refractivity contribution in [1.82, 2.24) is 19.7 Å². The van der Waals surface area contributed by atoms with Gasteiger partial charge in [0.05, 0.1) is 22.6 Å². The number of aryl methyl sites for hydroxylation is 2. The zero-order chi connectivity index (χ0) is 11.7. The van der Waals surface area contributed by atoms with Gasteiger partial charge in [-0.25, -0.2) is 14.6 Å². The molecule has 2 N–H and O–H groups in total. The maximum Gasteiger partial charge on any atom is 0.251 e. The van der Waals surface area contributed by atoms with Crippen LogP contribution in [-0.2, 0) is 6.54 Å². The van der Waals surface area contributed by atoms with Gasteiger partial charge in [0.1, 0.15) is 0 Å². The summed E-state index contributed by atoms with van der Waals surface area (Å²) in [4.78, 5) is 8.56. The Morgan fingerprint density at radius 1 is 1.38 bits per heavy atom. The van der Waals surface area contributed by atoms with Crippen LogP contribution in [0.25, 0.3) is 5.95 Å². The van der Waals surface area contributed by atoms with Crippen LogP contribution in [0.5, 0.6) is 0 Å². The van der Waals surface area contributed by atoms with E-state index in [0.717, 1.165) is 17.1 Å². The van der Waals surface area contributed by atoms with Crippen molar-refractivity contribution in [3.63, 3.8) is 0 Å². The average Bonchev–Trinajstić information content (AvgIpc) is 2.58. The Bertz CT molecular complexity index is 500. The molecule has 0 aliphatic rings. The monoisotopic (exact) mass is 237 g/mol. The lowest BCUT2D eigenvalue weighted by atomic mass is 10.3. The molecule has 6 heteroatoms. The Morgan fingerprint density at radius 3 is 2.69 bits per heavy atom. The van der Waals surface area contributed by atoms with Gasteiger partial charge in [0.15, 0.2) is 0 Å². The van der Waals surface area contributed by atoms with E-state index in [1.807, 2.05) is 19.9 Å². The van der Waals surface area contributed by atoms with Crippen LogP contribution in [0.4, 0.5) is 0 Å². The average molecular weight is 238 g/mol. The Kier molecular flexibility index (Phi) is 2.89. The number of hydrogen-bond donors (Lipinski definition) is 1. The summed E-state index contributed by atoms with van der Waals surface area (Å²) in [5, 5.41) is 4.81. The second-order valence-electron chi connectivity index (χ2n) is 3.51. The first-order valence-electron chi connectivity index (χ1n) is 4.87. The quantitative estimate of drug-likeness (QED) is 0.857. The zero-order valence-corrected chi connectivity index (χ0v) is 9.86. The molecule has 84 valence electrons. The molecular weight excluding hydrogens is 226 g/mol. The Morgan fingerprint density at radius 2 is 2.12 bits per heavy atom. The first-order chi connectivity index (χ1) is 7.60. The molecule has 2 heterocycles. The normalized spacial score (nSPS) is 10.8. The van der Waals surface area contributed by atoms with Crippen LogP contribution in [0, 0.1) is 13.8 Å². The Balaban J connectivity index is 2.50. The third kappa shape index (κ3) is 2.05. The molecule has 2 aromatic heterocycles. The first kappa shape index (κ1) is 11.0. The lowest BCUT2D eigenvalue weighted by Crippen LogP contribution is -2.08. The molecule has 2 aromatic rings. The van der Waals surface area contributed by atoms with E-state index in [1.54, 1.807) is 10.9 Å². The molecule has 0 unspecified atom stereocenters. The van der Waals surface area contributed by atoms with Crippen molar-refractivity contribution in [1.29, 1.82) is 0 Å². The highest BCUT2D eigenvalue weighted by molar-refractivity contribution is 6.31. The van der Waals surface area contributed by atoms with E-state index in [4.69, 9.17) is 17.3 Å². The molecule has 0 bridgehead atoms. The van der Waals surface area contributed by atoms with Crippen molar-refractivity contribution in [3.8, 4) is 5.95 Å². The van der Waals surface area contributed by atoms with Crippen LogP contribution in [0.3, 0.4) is 0 Å². The van der Waals surface area contributed by atoms with Crippen molar-refractivity contribution >= 4 is 11.6 Å². The molecule has 2 rings (SSSR count). The molecule has 0 amide bonds. The van der Waals surface area contributed by atoms with Gasteiger partial charge in [-0.3, -0.25) is 0 Å². The van der Waals surface area contributed by atoms with Crippen LogP contribution >= 0.6 is 11.6 Å².